The molecule has 0 saturated heterocycles. The van der Waals surface area contributed by atoms with Crippen molar-refractivity contribution in [3.63, 3.8) is 0 Å². The molecule has 0 aliphatic carbocycles. The second-order valence-electron chi connectivity index (χ2n) is 5.76. The highest BCUT2D eigenvalue weighted by molar-refractivity contribution is 5.94. The molecule has 0 aromatic heterocycles. The Hall–Kier alpha value is -3.02. The molecule has 0 aliphatic rings. The van der Waals surface area contributed by atoms with Gasteiger partial charge in [0.25, 0.3) is 0 Å². The number of amides is 1. The van der Waals surface area contributed by atoms with Crippen molar-refractivity contribution in [3.8, 4) is 11.5 Å². The molecule has 0 unspecified atom stereocenters. The number of benzene rings is 2. The largest absolute Gasteiger partial charge is 0.496 e. The molecule has 0 spiro atoms. The Morgan fingerprint density at radius 1 is 1.12 bits per heavy atom. The average Bonchev–Trinajstić information content (AvgIpc) is 2.65. The van der Waals surface area contributed by atoms with Gasteiger partial charge in [-0.25, -0.2) is 4.79 Å². The summed E-state index contributed by atoms with van der Waals surface area (Å²) in [6.45, 7) is 2.74. The lowest BCUT2D eigenvalue weighted by molar-refractivity contribution is -0.116. The molecule has 138 valence electrons. The minimum Gasteiger partial charge on any atom is -0.496 e. The van der Waals surface area contributed by atoms with Crippen LogP contribution >= 0.6 is 0 Å². The second kappa shape index (κ2) is 9.46. The van der Waals surface area contributed by atoms with Gasteiger partial charge in [0.05, 0.1) is 13.7 Å². The molecule has 0 aliphatic heterocycles. The van der Waals surface area contributed by atoms with E-state index in [2.05, 4.69) is 12.2 Å². The first-order valence-corrected chi connectivity index (χ1v) is 8.46. The zero-order valence-electron chi connectivity index (χ0n) is 15.0. The third-order valence-electron chi connectivity index (χ3n) is 3.75. The van der Waals surface area contributed by atoms with E-state index in [-0.39, 0.29) is 17.2 Å². The van der Waals surface area contributed by atoms with Crippen LogP contribution in [0.1, 0.15) is 35.7 Å². The lowest BCUT2D eigenvalue weighted by Gasteiger charge is -2.10. The van der Waals surface area contributed by atoms with E-state index < -0.39 is 5.97 Å². The maximum absolute atomic E-state index is 12.1. The molecule has 2 aromatic rings. The van der Waals surface area contributed by atoms with E-state index >= 15 is 0 Å². The topological polar surface area (TPSA) is 84.9 Å². The number of hydrogen-bond donors (Lipinski definition) is 2. The van der Waals surface area contributed by atoms with Gasteiger partial charge in [0, 0.05) is 18.2 Å². The Balaban J connectivity index is 1.89. The van der Waals surface area contributed by atoms with Gasteiger partial charge < -0.3 is 19.9 Å². The third kappa shape index (κ3) is 5.51. The number of carbonyl (C=O) groups is 2. The monoisotopic (exact) mass is 357 g/mol. The van der Waals surface area contributed by atoms with E-state index in [9.17, 15) is 9.59 Å². The number of carboxylic acid groups (broad SMARTS) is 1. The summed E-state index contributed by atoms with van der Waals surface area (Å²) >= 11 is 0. The summed E-state index contributed by atoms with van der Waals surface area (Å²) in [5, 5.41) is 11.8. The second-order valence-corrected chi connectivity index (χ2v) is 5.76. The minimum atomic E-state index is -1.08. The molecule has 0 radical (unpaired) electrons. The highest BCUT2D eigenvalue weighted by Crippen LogP contribution is 2.23. The summed E-state index contributed by atoms with van der Waals surface area (Å²) in [5.41, 5.74) is 1.60. The van der Waals surface area contributed by atoms with Crippen molar-refractivity contribution in [2.24, 2.45) is 0 Å². The number of aromatic carboxylic acids is 1. The van der Waals surface area contributed by atoms with Crippen molar-refractivity contribution in [1.82, 2.24) is 0 Å². The lowest BCUT2D eigenvalue weighted by Crippen LogP contribution is -2.13. The summed E-state index contributed by atoms with van der Waals surface area (Å²) < 4.78 is 10.6. The molecule has 0 saturated carbocycles. The van der Waals surface area contributed by atoms with Gasteiger partial charge in [0.15, 0.2) is 0 Å². The van der Waals surface area contributed by atoms with Crippen LogP contribution in [0.15, 0.2) is 42.5 Å². The number of aryl methyl sites for hydroxylation is 1. The van der Waals surface area contributed by atoms with Crippen molar-refractivity contribution < 1.29 is 24.2 Å². The summed E-state index contributed by atoms with van der Waals surface area (Å²) in [4.78, 5) is 23.2. The summed E-state index contributed by atoms with van der Waals surface area (Å²) in [7, 11) is 1.39. The van der Waals surface area contributed by atoms with E-state index in [1.807, 2.05) is 24.3 Å². The summed E-state index contributed by atoms with van der Waals surface area (Å²) in [6, 6.07) is 12.2. The molecule has 0 fully saturated rings. The van der Waals surface area contributed by atoms with Crippen LogP contribution in [0, 0.1) is 0 Å². The molecule has 2 aromatic carbocycles. The Morgan fingerprint density at radius 3 is 2.46 bits per heavy atom. The van der Waals surface area contributed by atoms with Crippen molar-refractivity contribution >= 4 is 17.6 Å². The Bertz CT molecular complexity index is 755. The zero-order chi connectivity index (χ0) is 18.9. The molecule has 6 heteroatoms. The first kappa shape index (κ1) is 19.3. The molecule has 2 N–H and O–H groups in total. The van der Waals surface area contributed by atoms with Crippen LogP contribution < -0.4 is 14.8 Å². The van der Waals surface area contributed by atoms with Crippen molar-refractivity contribution in [1.29, 1.82) is 0 Å². The SMILES string of the molecule is CCCOc1ccc(CCC(=O)Nc2ccc(C(=O)O)c(OC)c2)cc1. The van der Waals surface area contributed by atoms with Crippen LogP contribution in [0.5, 0.6) is 11.5 Å². The van der Waals surface area contributed by atoms with Crippen LogP contribution in [0.3, 0.4) is 0 Å². The fraction of sp³-hybridized carbons (Fsp3) is 0.300. The number of nitrogens with one attached hydrogen (secondary N) is 1. The maximum Gasteiger partial charge on any atom is 0.339 e. The molecule has 0 heterocycles. The molecule has 6 nitrogen and oxygen atoms in total. The van der Waals surface area contributed by atoms with Crippen LogP contribution in [0.25, 0.3) is 0 Å². The minimum absolute atomic E-state index is 0.0517. The quantitative estimate of drug-likeness (QED) is 0.714. The number of carbonyl (C=O) groups excluding carboxylic acids is 1. The normalized spacial score (nSPS) is 10.2. The number of hydrogen-bond acceptors (Lipinski definition) is 4. The highest BCUT2D eigenvalue weighted by Gasteiger charge is 2.12. The van der Waals surface area contributed by atoms with Crippen LogP contribution in [-0.2, 0) is 11.2 Å². The van der Waals surface area contributed by atoms with E-state index in [1.54, 1.807) is 6.07 Å². The van der Waals surface area contributed by atoms with E-state index in [0.717, 1.165) is 17.7 Å². The number of anilines is 1. The molecule has 26 heavy (non-hydrogen) atoms. The fourth-order valence-electron chi connectivity index (χ4n) is 2.40. The van der Waals surface area contributed by atoms with Crippen molar-refractivity contribution in [3.05, 3.63) is 53.6 Å². The van der Waals surface area contributed by atoms with Gasteiger partial charge >= 0.3 is 5.97 Å². The highest BCUT2D eigenvalue weighted by atomic mass is 16.5. The molecule has 2 rings (SSSR count). The van der Waals surface area contributed by atoms with E-state index in [1.165, 1.54) is 19.2 Å². The van der Waals surface area contributed by atoms with Gasteiger partial charge in [0.1, 0.15) is 17.1 Å². The van der Waals surface area contributed by atoms with E-state index in [4.69, 9.17) is 14.6 Å². The van der Waals surface area contributed by atoms with Gasteiger partial charge in [0.2, 0.25) is 5.91 Å². The number of methoxy groups -OCH3 is 1. The van der Waals surface area contributed by atoms with E-state index in [0.29, 0.717) is 25.1 Å². The maximum atomic E-state index is 12.1. The van der Waals surface area contributed by atoms with Crippen molar-refractivity contribution in [2.45, 2.75) is 26.2 Å². The molecular formula is C20H23NO5. The Morgan fingerprint density at radius 2 is 1.85 bits per heavy atom. The first-order valence-electron chi connectivity index (χ1n) is 8.46. The standard InChI is InChI=1S/C20H23NO5/c1-3-12-26-16-8-4-14(5-9-16)6-11-19(22)21-15-7-10-17(20(23)24)18(13-15)25-2/h4-5,7-10,13H,3,6,11-12H2,1-2H3,(H,21,22)(H,23,24). The number of rotatable bonds is 9. The molecular weight excluding hydrogens is 334 g/mol. The van der Waals surface area contributed by atoms with Gasteiger partial charge in [-0.3, -0.25) is 4.79 Å². The Kier molecular flexibility index (Phi) is 7.02. The number of carboxylic acids is 1. The van der Waals surface area contributed by atoms with Crippen LogP contribution in [-0.4, -0.2) is 30.7 Å². The van der Waals surface area contributed by atoms with Crippen LogP contribution in [0.2, 0.25) is 0 Å². The van der Waals surface area contributed by atoms with Crippen LogP contribution in [0.4, 0.5) is 5.69 Å². The molecule has 0 bridgehead atoms. The average molecular weight is 357 g/mol. The molecule has 1 amide bonds. The van der Waals surface area contributed by atoms with Crippen molar-refractivity contribution in [2.75, 3.05) is 19.0 Å². The zero-order valence-corrected chi connectivity index (χ0v) is 15.0. The summed E-state index contributed by atoms with van der Waals surface area (Å²) in [5.74, 6) is -0.198. The van der Waals surface area contributed by atoms with Gasteiger partial charge in [-0.1, -0.05) is 19.1 Å². The fourth-order valence-corrected chi connectivity index (χ4v) is 2.40. The van der Waals surface area contributed by atoms with Gasteiger partial charge in [-0.2, -0.15) is 0 Å². The van der Waals surface area contributed by atoms with Gasteiger partial charge in [-0.05, 0) is 42.7 Å². The lowest BCUT2D eigenvalue weighted by atomic mass is 10.1. The predicted octanol–water partition coefficient (Wildman–Crippen LogP) is 3.75. The third-order valence-corrected chi connectivity index (χ3v) is 3.75. The predicted molar refractivity (Wildman–Crippen MR) is 99.1 cm³/mol. The Labute approximate surface area is 152 Å². The number of ether oxygens (including phenoxy) is 2. The molecule has 0 atom stereocenters. The first-order chi connectivity index (χ1) is 12.5. The smallest absolute Gasteiger partial charge is 0.339 e. The van der Waals surface area contributed by atoms with Gasteiger partial charge in [-0.15, -0.1) is 0 Å². The summed E-state index contributed by atoms with van der Waals surface area (Å²) in [6.07, 6.45) is 1.88.